The monoisotopic (exact) mass is 582 g/mol. The Morgan fingerprint density at radius 3 is 2.30 bits per heavy atom. The van der Waals surface area contributed by atoms with Gasteiger partial charge in [0.2, 0.25) is 0 Å². The maximum Gasteiger partial charge on any atom is 0.349 e. The molecule has 1 heterocycles. The van der Waals surface area contributed by atoms with Crippen molar-refractivity contribution in [3.05, 3.63) is 101 Å². The summed E-state index contributed by atoms with van der Waals surface area (Å²) in [4.78, 5) is 25.6. The highest BCUT2D eigenvalue weighted by atomic mass is 16.6. The summed E-state index contributed by atoms with van der Waals surface area (Å²) in [5, 5.41) is 4.32. The number of carbonyl (C=O) groups is 2. The van der Waals surface area contributed by atoms with Gasteiger partial charge in [-0.3, -0.25) is 4.79 Å². The lowest BCUT2D eigenvalue weighted by molar-refractivity contribution is -0.156. The van der Waals surface area contributed by atoms with Crippen molar-refractivity contribution in [2.24, 2.45) is 5.92 Å². The molecule has 0 aliphatic rings. The van der Waals surface area contributed by atoms with E-state index in [1.54, 1.807) is 13.8 Å². The number of amides is 1. The summed E-state index contributed by atoms with van der Waals surface area (Å²) >= 11 is 0. The van der Waals surface area contributed by atoms with E-state index in [2.05, 4.69) is 87.1 Å². The molecular formula is C37H46N2O4. The molecule has 1 aromatic heterocycles. The first-order chi connectivity index (χ1) is 20.2. The zero-order chi connectivity index (χ0) is 31.5. The van der Waals surface area contributed by atoms with Crippen LogP contribution in [0.5, 0.6) is 5.75 Å². The average Bonchev–Trinajstić information content (AvgIpc) is 3.27. The lowest BCUT2D eigenvalue weighted by Crippen LogP contribution is -2.39. The fourth-order valence-electron chi connectivity index (χ4n) is 5.35. The number of aromatic nitrogens is 1. The summed E-state index contributed by atoms with van der Waals surface area (Å²) in [7, 11) is 1.36. The Morgan fingerprint density at radius 2 is 1.63 bits per heavy atom. The van der Waals surface area contributed by atoms with Gasteiger partial charge in [-0.2, -0.15) is 0 Å². The molecule has 4 aromatic rings. The molecule has 0 saturated heterocycles. The van der Waals surface area contributed by atoms with Gasteiger partial charge in [-0.1, -0.05) is 77.1 Å². The van der Waals surface area contributed by atoms with Crippen LogP contribution in [0.2, 0.25) is 0 Å². The number of methoxy groups -OCH3 is 1. The molecular weight excluding hydrogens is 536 g/mol. The normalized spacial score (nSPS) is 12.8. The summed E-state index contributed by atoms with van der Waals surface area (Å²) in [5.41, 5.74) is 5.20. The molecule has 1 amide bonds. The van der Waals surface area contributed by atoms with Gasteiger partial charge in [0, 0.05) is 29.2 Å². The molecule has 1 atom stereocenters. The number of hydrogen-bond acceptors (Lipinski definition) is 4. The first-order valence-corrected chi connectivity index (χ1v) is 15.1. The third-order valence-corrected chi connectivity index (χ3v) is 7.73. The van der Waals surface area contributed by atoms with Gasteiger partial charge in [0.05, 0.1) is 13.2 Å². The van der Waals surface area contributed by atoms with Crippen molar-refractivity contribution in [1.82, 2.24) is 9.88 Å². The Kier molecular flexibility index (Phi) is 9.38. The Morgan fingerprint density at radius 1 is 0.907 bits per heavy atom. The Balaban J connectivity index is 1.60. The number of esters is 1. The fraction of sp³-hybridized carbons (Fsp3) is 0.405. The van der Waals surface area contributed by atoms with Crippen LogP contribution in [0.3, 0.4) is 0 Å². The minimum atomic E-state index is -1.09. The van der Waals surface area contributed by atoms with Crippen LogP contribution in [-0.4, -0.2) is 29.2 Å². The molecule has 6 nitrogen and oxygen atoms in total. The van der Waals surface area contributed by atoms with E-state index in [1.165, 1.54) is 18.2 Å². The maximum atomic E-state index is 13.4. The Hall–Kier alpha value is -4.06. The summed E-state index contributed by atoms with van der Waals surface area (Å²) in [6, 6.07) is 22.1. The molecule has 0 unspecified atom stereocenters. The molecule has 6 heteroatoms. The molecule has 1 N–H and O–H groups in total. The molecule has 0 spiro atoms. The zero-order valence-corrected chi connectivity index (χ0v) is 27.1. The van der Waals surface area contributed by atoms with Crippen molar-refractivity contribution in [1.29, 1.82) is 0 Å². The largest absolute Gasteiger partial charge is 0.476 e. The number of benzene rings is 3. The van der Waals surface area contributed by atoms with Crippen LogP contribution in [0.25, 0.3) is 10.9 Å². The topological polar surface area (TPSA) is 69.6 Å². The number of rotatable bonds is 10. The number of fused-ring (bicyclic) bond motifs is 1. The van der Waals surface area contributed by atoms with Crippen LogP contribution in [0, 0.1) is 5.92 Å². The summed E-state index contributed by atoms with van der Waals surface area (Å²) in [5.74, 6) is 0.531. The Labute approximate surface area is 256 Å². The highest BCUT2D eigenvalue weighted by molar-refractivity contribution is 5.99. The van der Waals surface area contributed by atoms with Crippen LogP contribution < -0.4 is 10.1 Å². The molecule has 0 bridgehead atoms. The molecule has 43 heavy (non-hydrogen) atoms. The lowest BCUT2D eigenvalue weighted by Gasteiger charge is -2.23. The molecule has 228 valence electrons. The number of ether oxygens (including phenoxy) is 2. The van der Waals surface area contributed by atoms with Crippen molar-refractivity contribution in [3.8, 4) is 5.75 Å². The summed E-state index contributed by atoms with van der Waals surface area (Å²) in [6.07, 6.45) is 2.88. The summed E-state index contributed by atoms with van der Waals surface area (Å²) in [6.45, 7) is 17.2. The average molecular weight is 583 g/mol. The second-order valence-corrected chi connectivity index (χ2v) is 13.4. The van der Waals surface area contributed by atoms with E-state index in [-0.39, 0.29) is 17.4 Å². The van der Waals surface area contributed by atoms with Gasteiger partial charge in [0.15, 0.2) is 5.60 Å². The second kappa shape index (κ2) is 12.7. The number of nitrogens with zero attached hydrogens (tertiary/aromatic N) is 1. The van der Waals surface area contributed by atoms with Crippen molar-refractivity contribution < 1.29 is 19.1 Å². The van der Waals surface area contributed by atoms with Crippen molar-refractivity contribution >= 4 is 22.8 Å². The highest BCUT2D eigenvalue weighted by Gasteiger charge is 2.31. The SMILES string of the molecule is COC(=O)C(C)(C)Oc1cccc(Cc2cn(CC(C)C)c3cc(C(=O)N[C@@H](C)c4cccc(C(C)(C)C)c4)ccc23)c1. The van der Waals surface area contributed by atoms with Gasteiger partial charge in [-0.05, 0) is 85.0 Å². The number of hydrogen-bond donors (Lipinski definition) is 1. The number of carbonyl (C=O) groups excluding carboxylic acids is 2. The van der Waals surface area contributed by atoms with Crippen molar-refractivity contribution in [2.75, 3.05) is 7.11 Å². The maximum absolute atomic E-state index is 13.4. The standard InChI is InChI=1S/C37H46N2O4/c1-24(2)22-39-23-29(18-26-12-10-15-31(19-26)43-37(7,8)35(41)42-9)32-17-16-28(21-33(32)39)34(40)38-25(3)27-13-11-14-30(20-27)36(4,5)6/h10-17,19-21,23-25H,18,22H2,1-9H3,(H,38,40)/t25-/m0/s1. The smallest absolute Gasteiger partial charge is 0.349 e. The quantitative estimate of drug-likeness (QED) is 0.192. The van der Waals surface area contributed by atoms with E-state index in [9.17, 15) is 9.59 Å². The zero-order valence-electron chi connectivity index (χ0n) is 27.1. The van der Waals surface area contributed by atoms with E-state index in [0.29, 0.717) is 23.7 Å². The minimum Gasteiger partial charge on any atom is -0.476 e. The highest BCUT2D eigenvalue weighted by Crippen LogP contribution is 2.29. The van der Waals surface area contributed by atoms with Gasteiger partial charge in [0.1, 0.15) is 5.75 Å². The molecule has 0 aliphatic heterocycles. The first-order valence-electron chi connectivity index (χ1n) is 15.1. The van der Waals surface area contributed by atoms with E-state index < -0.39 is 11.6 Å². The molecule has 0 saturated carbocycles. The van der Waals surface area contributed by atoms with Crippen LogP contribution in [-0.2, 0) is 27.9 Å². The van der Waals surface area contributed by atoms with Crippen LogP contribution >= 0.6 is 0 Å². The first kappa shape index (κ1) is 31.9. The van der Waals surface area contributed by atoms with Gasteiger partial charge in [0.25, 0.3) is 5.91 Å². The molecule has 3 aromatic carbocycles. The molecule has 0 radical (unpaired) electrons. The van der Waals surface area contributed by atoms with Crippen LogP contribution in [0.1, 0.15) is 94.0 Å². The van der Waals surface area contributed by atoms with Gasteiger partial charge in [-0.15, -0.1) is 0 Å². The van der Waals surface area contributed by atoms with Gasteiger partial charge >= 0.3 is 5.97 Å². The van der Waals surface area contributed by atoms with E-state index in [4.69, 9.17) is 9.47 Å². The van der Waals surface area contributed by atoms with Gasteiger partial charge in [-0.25, -0.2) is 4.79 Å². The fourth-order valence-corrected chi connectivity index (χ4v) is 5.35. The van der Waals surface area contributed by atoms with Crippen molar-refractivity contribution in [2.45, 2.75) is 85.4 Å². The van der Waals surface area contributed by atoms with Crippen LogP contribution in [0.15, 0.2) is 72.9 Å². The van der Waals surface area contributed by atoms with Crippen LogP contribution in [0.4, 0.5) is 0 Å². The van der Waals surface area contributed by atoms with E-state index in [0.717, 1.165) is 28.6 Å². The predicted molar refractivity (Wildman–Crippen MR) is 174 cm³/mol. The van der Waals surface area contributed by atoms with Crippen molar-refractivity contribution in [3.63, 3.8) is 0 Å². The van der Waals surface area contributed by atoms with E-state index >= 15 is 0 Å². The molecule has 0 fully saturated rings. The minimum absolute atomic E-state index is 0.0400. The molecule has 4 rings (SSSR count). The summed E-state index contributed by atoms with van der Waals surface area (Å²) < 4.78 is 13.1. The van der Waals surface area contributed by atoms with E-state index in [1.807, 2.05) is 37.3 Å². The predicted octanol–water partition coefficient (Wildman–Crippen LogP) is 8.01. The number of nitrogens with one attached hydrogen (secondary N) is 1. The second-order valence-electron chi connectivity index (χ2n) is 13.4. The van der Waals surface area contributed by atoms with Gasteiger partial charge < -0.3 is 19.4 Å². The lowest BCUT2D eigenvalue weighted by atomic mass is 9.85. The third-order valence-electron chi connectivity index (χ3n) is 7.73. The third kappa shape index (κ3) is 7.67. The Bertz CT molecular complexity index is 1610. The molecule has 0 aliphatic carbocycles.